The van der Waals surface area contributed by atoms with Crippen LogP contribution in [0.5, 0.6) is 0 Å². The molecule has 0 aliphatic carbocycles. The Balaban J connectivity index is 1.14. The van der Waals surface area contributed by atoms with E-state index in [4.69, 9.17) is 15.0 Å². The van der Waals surface area contributed by atoms with Crippen LogP contribution in [0.15, 0.2) is 189 Å². The van der Waals surface area contributed by atoms with Crippen molar-refractivity contribution in [3.05, 3.63) is 205 Å². The molecule has 7 rings (SSSR count). The maximum Gasteiger partial charge on any atom is 0.164 e. The van der Waals surface area contributed by atoms with Crippen LogP contribution in [-0.2, 0) is 5.41 Å². The Labute approximate surface area is 307 Å². The molecule has 0 radical (unpaired) electrons. The lowest BCUT2D eigenvalue weighted by Crippen LogP contribution is -2.18. The zero-order valence-corrected chi connectivity index (χ0v) is 29.9. The lowest BCUT2D eigenvalue weighted by Gasteiger charge is -2.26. The van der Waals surface area contributed by atoms with Crippen LogP contribution in [0.25, 0.3) is 62.0 Å². The van der Waals surface area contributed by atoms with E-state index in [0.29, 0.717) is 17.5 Å². The molecule has 0 atom stereocenters. The van der Waals surface area contributed by atoms with E-state index in [1.165, 1.54) is 27.8 Å². The third kappa shape index (κ3) is 7.50. The summed E-state index contributed by atoms with van der Waals surface area (Å²) in [4.78, 5) is 14.9. The van der Waals surface area contributed by atoms with Crippen LogP contribution in [0.4, 0.5) is 0 Å². The van der Waals surface area contributed by atoms with Gasteiger partial charge in [-0.2, -0.15) is 0 Å². The van der Waals surface area contributed by atoms with Crippen molar-refractivity contribution in [1.82, 2.24) is 15.0 Å². The first-order valence-corrected chi connectivity index (χ1v) is 17.7. The van der Waals surface area contributed by atoms with Crippen molar-refractivity contribution >= 4 is 5.57 Å². The van der Waals surface area contributed by atoms with Crippen LogP contribution in [0.2, 0.25) is 0 Å². The van der Waals surface area contributed by atoms with E-state index in [1.54, 1.807) is 0 Å². The van der Waals surface area contributed by atoms with Gasteiger partial charge in [0.2, 0.25) is 0 Å². The summed E-state index contributed by atoms with van der Waals surface area (Å²) in [6, 6.07) is 55.1. The molecule has 0 saturated heterocycles. The molecule has 0 aliphatic heterocycles. The number of nitrogens with zero attached hydrogens (tertiary/aromatic N) is 3. The SMILES string of the molecule is C=C(/C=C\C=C/C)c1ccc(-c2ccc(C(C)(C)c3ccc(-c4nc(-c5ccccc5)nc(-c5ccc(-c6ccccc6)cc5)n4)cc3)cc2)cc1. The van der Waals surface area contributed by atoms with Gasteiger partial charge in [0, 0.05) is 22.1 Å². The Morgan fingerprint density at radius 3 is 1.25 bits per heavy atom. The van der Waals surface area contributed by atoms with Crippen molar-refractivity contribution in [2.24, 2.45) is 0 Å². The van der Waals surface area contributed by atoms with Crippen molar-refractivity contribution in [1.29, 1.82) is 0 Å². The fourth-order valence-corrected chi connectivity index (χ4v) is 6.33. The summed E-state index contributed by atoms with van der Waals surface area (Å²) >= 11 is 0. The van der Waals surface area contributed by atoms with Gasteiger partial charge in [0.1, 0.15) is 0 Å². The van der Waals surface area contributed by atoms with Gasteiger partial charge in [-0.15, -0.1) is 0 Å². The van der Waals surface area contributed by atoms with Crippen molar-refractivity contribution in [3.63, 3.8) is 0 Å². The Morgan fingerprint density at radius 1 is 0.442 bits per heavy atom. The Hall–Kier alpha value is -6.45. The van der Waals surface area contributed by atoms with Crippen LogP contribution in [-0.4, -0.2) is 15.0 Å². The van der Waals surface area contributed by atoms with E-state index in [1.807, 2.05) is 67.6 Å². The van der Waals surface area contributed by atoms with Crippen molar-refractivity contribution < 1.29 is 0 Å². The van der Waals surface area contributed by atoms with E-state index >= 15 is 0 Å². The quantitative estimate of drug-likeness (QED) is 0.136. The molecule has 0 unspecified atom stereocenters. The van der Waals surface area contributed by atoms with Crippen LogP contribution in [0, 0.1) is 0 Å². The highest BCUT2D eigenvalue weighted by atomic mass is 15.0. The predicted molar refractivity (Wildman–Crippen MR) is 219 cm³/mol. The van der Waals surface area contributed by atoms with Gasteiger partial charge in [-0.3, -0.25) is 0 Å². The zero-order chi connectivity index (χ0) is 35.9. The maximum atomic E-state index is 4.99. The highest BCUT2D eigenvalue weighted by molar-refractivity contribution is 5.75. The highest BCUT2D eigenvalue weighted by Gasteiger charge is 2.23. The summed E-state index contributed by atoms with van der Waals surface area (Å²) < 4.78 is 0. The lowest BCUT2D eigenvalue weighted by atomic mass is 9.77. The molecule has 1 aromatic heterocycles. The van der Waals surface area contributed by atoms with Gasteiger partial charge < -0.3 is 0 Å². The second-order valence-corrected chi connectivity index (χ2v) is 13.4. The van der Waals surface area contributed by atoms with E-state index in [0.717, 1.165) is 33.4 Å². The second kappa shape index (κ2) is 15.2. The Bertz CT molecular complexity index is 2330. The average molecular weight is 672 g/mol. The molecule has 0 bridgehead atoms. The van der Waals surface area contributed by atoms with Gasteiger partial charge in [-0.05, 0) is 51.4 Å². The first-order valence-electron chi connectivity index (χ1n) is 17.7. The van der Waals surface area contributed by atoms with E-state index in [9.17, 15) is 0 Å². The topological polar surface area (TPSA) is 38.7 Å². The summed E-state index contributed by atoms with van der Waals surface area (Å²) in [5.74, 6) is 1.94. The Morgan fingerprint density at radius 2 is 0.788 bits per heavy atom. The first kappa shape index (κ1) is 34.0. The third-order valence-corrected chi connectivity index (χ3v) is 9.58. The first-order chi connectivity index (χ1) is 25.4. The number of rotatable bonds is 10. The fourth-order valence-electron chi connectivity index (χ4n) is 6.33. The minimum absolute atomic E-state index is 0.210. The molecule has 3 heteroatoms. The minimum atomic E-state index is -0.210. The normalized spacial score (nSPS) is 11.7. The van der Waals surface area contributed by atoms with Gasteiger partial charge in [0.05, 0.1) is 0 Å². The van der Waals surface area contributed by atoms with Gasteiger partial charge >= 0.3 is 0 Å². The van der Waals surface area contributed by atoms with Crippen molar-refractivity contribution in [3.8, 4) is 56.4 Å². The number of aromatic nitrogens is 3. The smallest absolute Gasteiger partial charge is 0.164 e. The monoisotopic (exact) mass is 671 g/mol. The summed E-state index contributed by atoms with van der Waals surface area (Å²) in [6.07, 6.45) is 8.07. The van der Waals surface area contributed by atoms with Gasteiger partial charge in [-0.25, -0.2) is 15.0 Å². The van der Waals surface area contributed by atoms with Gasteiger partial charge in [-0.1, -0.05) is 202 Å². The third-order valence-electron chi connectivity index (χ3n) is 9.58. The molecule has 52 heavy (non-hydrogen) atoms. The van der Waals surface area contributed by atoms with E-state index in [2.05, 4.69) is 142 Å². The number of hydrogen-bond acceptors (Lipinski definition) is 3. The molecule has 7 aromatic rings. The van der Waals surface area contributed by atoms with Gasteiger partial charge in [0.25, 0.3) is 0 Å². The van der Waals surface area contributed by atoms with Gasteiger partial charge in [0.15, 0.2) is 17.5 Å². The summed E-state index contributed by atoms with van der Waals surface area (Å²) in [6.45, 7) is 10.8. The molecule has 0 N–H and O–H groups in total. The molecule has 0 amide bonds. The average Bonchev–Trinajstić information content (AvgIpc) is 3.21. The molecule has 0 spiro atoms. The largest absolute Gasteiger partial charge is 0.208 e. The fraction of sp³-hybridized carbons (Fsp3) is 0.0816. The van der Waals surface area contributed by atoms with Crippen LogP contribution >= 0.6 is 0 Å². The molecule has 0 aliphatic rings. The lowest BCUT2D eigenvalue weighted by molar-refractivity contribution is 0.641. The summed E-state index contributed by atoms with van der Waals surface area (Å²) in [5, 5.41) is 0. The molecule has 3 nitrogen and oxygen atoms in total. The number of hydrogen-bond donors (Lipinski definition) is 0. The molecule has 6 aromatic carbocycles. The molecule has 0 saturated carbocycles. The zero-order valence-electron chi connectivity index (χ0n) is 29.9. The number of benzene rings is 6. The molecular formula is C49H41N3. The molecule has 252 valence electrons. The number of allylic oxidation sites excluding steroid dienone is 5. The molecular weight excluding hydrogens is 631 g/mol. The summed E-state index contributed by atoms with van der Waals surface area (Å²) in [7, 11) is 0. The Kier molecular flexibility index (Phi) is 9.95. The van der Waals surface area contributed by atoms with Crippen molar-refractivity contribution in [2.75, 3.05) is 0 Å². The van der Waals surface area contributed by atoms with Crippen LogP contribution in [0.1, 0.15) is 37.5 Å². The summed E-state index contributed by atoms with van der Waals surface area (Å²) in [5.41, 5.74) is 11.9. The van der Waals surface area contributed by atoms with E-state index in [-0.39, 0.29) is 5.41 Å². The van der Waals surface area contributed by atoms with E-state index < -0.39 is 0 Å². The maximum absolute atomic E-state index is 4.99. The van der Waals surface area contributed by atoms with Crippen LogP contribution in [0.3, 0.4) is 0 Å². The molecule has 1 heterocycles. The highest BCUT2D eigenvalue weighted by Crippen LogP contribution is 2.35. The second-order valence-electron chi connectivity index (χ2n) is 13.4. The van der Waals surface area contributed by atoms with Crippen LogP contribution < -0.4 is 0 Å². The van der Waals surface area contributed by atoms with Crippen molar-refractivity contribution in [2.45, 2.75) is 26.2 Å². The molecule has 0 fully saturated rings. The standard InChI is InChI=1S/C49H41N3/c1-5-6-9-14-35(2)36-19-21-39(22-20-36)40-27-31-44(32-28-40)49(3,4)45-33-29-43(30-34-45)48-51-46(41-17-12-8-13-18-41)50-47(52-48)42-25-23-38(24-26-42)37-15-10-7-11-16-37/h5-34H,2H2,1,3-4H3/b6-5-,14-9-. The predicted octanol–water partition coefficient (Wildman–Crippen LogP) is 12.7. The minimum Gasteiger partial charge on any atom is -0.208 e.